The second kappa shape index (κ2) is 8.10. The second-order valence-electron chi connectivity index (χ2n) is 3.42. The molecule has 0 saturated carbocycles. The Morgan fingerprint density at radius 1 is 1.25 bits per heavy atom. The molecule has 0 aromatic rings. The molecule has 5 nitrogen and oxygen atoms in total. The van der Waals surface area contributed by atoms with E-state index in [1.807, 2.05) is 13.8 Å². The Morgan fingerprint density at radius 3 is 2.25 bits per heavy atom. The van der Waals surface area contributed by atoms with Crippen LogP contribution in [0.5, 0.6) is 0 Å². The SMILES string of the molecule is CCOC(=O)CNC(C)C(=O)N(CC)CC. The highest BCUT2D eigenvalue weighted by Gasteiger charge is 2.18. The van der Waals surface area contributed by atoms with Crippen molar-refractivity contribution >= 4 is 11.9 Å². The fraction of sp³-hybridized carbons (Fsp3) is 0.818. The summed E-state index contributed by atoms with van der Waals surface area (Å²) in [7, 11) is 0. The molecule has 0 rings (SSSR count). The second-order valence-corrected chi connectivity index (χ2v) is 3.42. The monoisotopic (exact) mass is 230 g/mol. The van der Waals surface area contributed by atoms with Crippen molar-refractivity contribution in [3.8, 4) is 0 Å². The third kappa shape index (κ3) is 5.11. The molecule has 94 valence electrons. The van der Waals surface area contributed by atoms with Gasteiger partial charge in [0.25, 0.3) is 0 Å². The molecule has 1 unspecified atom stereocenters. The molecule has 16 heavy (non-hydrogen) atoms. The summed E-state index contributed by atoms with van der Waals surface area (Å²) in [4.78, 5) is 24.6. The third-order valence-corrected chi connectivity index (χ3v) is 2.30. The van der Waals surface area contributed by atoms with E-state index in [1.54, 1.807) is 18.7 Å². The third-order valence-electron chi connectivity index (χ3n) is 2.30. The van der Waals surface area contributed by atoms with E-state index >= 15 is 0 Å². The van der Waals surface area contributed by atoms with Crippen LogP contribution in [0.3, 0.4) is 0 Å². The molecule has 0 spiro atoms. The average Bonchev–Trinajstić information content (AvgIpc) is 2.27. The smallest absolute Gasteiger partial charge is 0.319 e. The zero-order valence-corrected chi connectivity index (χ0v) is 10.6. The van der Waals surface area contributed by atoms with Crippen molar-refractivity contribution in [3.63, 3.8) is 0 Å². The number of ether oxygens (including phenoxy) is 1. The van der Waals surface area contributed by atoms with E-state index in [-0.39, 0.29) is 24.5 Å². The van der Waals surface area contributed by atoms with Crippen LogP contribution in [-0.2, 0) is 14.3 Å². The lowest BCUT2D eigenvalue weighted by Gasteiger charge is -2.23. The summed E-state index contributed by atoms with van der Waals surface area (Å²) in [5.74, 6) is -0.323. The van der Waals surface area contributed by atoms with Crippen LogP contribution in [0.25, 0.3) is 0 Å². The number of likely N-dealkylation sites (N-methyl/N-ethyl adjacent to an activating group) is 1. The zero-order valence-electron chi connectivity index (χ0n) is 10.6. The van der Waals surface area contributed by atoms with E-state index in [9.17, 15) is 9.59 Å². The van der Waals surface area contributed by atoms with Crippen molar-refractivity contribution in [2.75, 3.05) is 26.2 Å². The van der Waals surface area contributed by atoms with Gasteiger partial charge >= 0.3 is 5.97 Å². The van der Waals surface area contributed by atoms with Gasteiger partial charge in [0.2, 0.25) is 5.91 Å². The first-order valence-corrected chi connectivity index (χ1v) is 5.74. The normalized spacial score (nSPS) is 12.0. The van der Waals surface area contributed by atoms with Crippen molar-refractivity contribution in [2.24, 2.45) is 0 Å². The molecule has 1 atom stereocenters. The summed E-state index contributed by atoms with van der Waals surface area (Å²) in [6, 6.07) is -0.357. The van der Waals surface area contributed by atoms with Crippen LogP contribution < -0.4 is 5.32 Å². The number of hydrogen-bond donors (Lipinski definition) is 1. The molecular formula is C11H22N2O3. The molecule has 0 saturated heterocycles. The molecule has 0 bridgehead atoms. The highest BCUT2D eigenvalue weighted by Crippen LogP contribution is 1.94. The Hall–Kier alpha value is -1.10. The van der Waals surface area contributed by atoms with Crippen LogP contribution in [0.1, 0.15) is 27.7 Å². The Kier molecular flexibility index (Phi) is 7.54. The van der Waals surface area contributed by atoms with Crippen molar-refractivity contribution in [1.29, 1.82) is 0 Å². The van der Waals surface area contributed by atoms with E-state index < -0.39 is 0 Å². The van der Waals surface area contributed by atoms with E-state index in [4.69, 9.17) is 4.74 Å². The van der Waals surface area contributed by atoms with E-state index in [1.165, 1.54) is 0 Å². The Labute approximate surface area is 97.1 Å². The van der Waals surface area contributed by atoms with Crippen molar-refractivity contribution in [2.45, 2.75) is 33.7 Å². The molecular weight excluding hydrogens is 208 g/mol. The fourth-order valence-corrected chi connectivity index (χ4v) is 1.34. The highest BCUT2D eigenvalue weighted by molar-refractivity contribution is 5.82. The first-order chi connectivity index (χ1) is 7.56. The van der Waals surface area contributed by atoms with E-state index in [0.717, 1.165) is 0 Å². The van der Waals surface area contributed by atoms with Gasteiger partial charge in [0, 0.05) is 13.1 Å². The topological polar surface area (TPSA) is 58.6 Å². The summed E-state index contributed by atoms with van der Waals surface area (Å²) >= 11 is 0. The van der Waals surface area contributed by atoms with Gasteiger partial charge in [0.1, 0.15) is 0 Å². The summed E-state index contributed by atoms with van der Waals surface area (Å²) in [5, 5.41) is 2.85. The first-order valence-electron chi connectivity index (χ1n) is 5.74. The maximum atomic E-state index is 11.8. The van der Waals surface area contributed by atoms with Crippen molar-refractivity contribution in [3.05, 3.63) is 0 Å². The van der Waals surface area contributed by atoms with Crippen LogP contribution in [0.15, 0.2) is 0 Å². The Morgan fingerprint density at radius 2 is 1.81 bits per heavy atom. The molecule has 0 aliphatic rings. The molecule has 0 aliphatic carbocycles. The van der Waals surface area contributed by atoms with Gasteiger partial charge in [-0.15, -0.1) is 0 Å². The maximum Gasteiger partial charge on any atom is 0.319 e. The summed E-state index contributed by atoms with van der Waals surface area (Å²) in [6.07, 6.45) is 0. The molecule has 0 aromatic heterocycles. The quantitative estimate of drug-likeness (QED) is 0.643. The van der Waals surface area contributed by atoms with Gasteiger partial charge in [-0.05, 0) is 27.7 Å². The largest absolute Gasteiger partial charge is 0.465 e. The van der Waals surface area contributed by atoms with Gasteiger partial charge in [0.05, 0.1) is 19.2 Å². The number of carbonyl (C=O) groups excluding carboxylic acids is 2. The minimum Gasteiger partial charge on any atom is -0.465 e. The summed E-state index contributed by atoms with van der Waals surface area (Å²) < 4.78 is 4.76. The van der Waals surface area contributed by atoms with Crippen molar-refractivity contribution < 1.29 is 14.3 Å². The van der Waals surface area contributed by atoms with Gasteiger partial charge in [0.15, 0.2) is 0 Å². The number of amides is 1. The minimum absolute atomic E-state index is 0.00861. The number of nitrogens with one attached hydrogen (secondary N) is 1. The minimum atomic E-state index is -0.357. The molecule has 1 N–H and O–H groups in total. The van der Waals surface area contributed by atoms with Gasteiger partial charge in [-0.3, -0.25) is 14.9 Å². The number of esters is 1. The van der Waals surface area contributed by atoms with Crippen LogP contribution in [0, 0.1) is 0 Å². The predicted molar refractivity (Wildman–Crippen MR) is 62.0 cm³/mol. The van der Waals surface area contributed by atoms with E-state index in [0.29, 0.717) is 19.7 Å². The van der Waals surface area contributed by atoms with Crippen LogP contribution in [-0.4, -0.2) is 49.1 Å². The summed E-state index contributed by atoms with van der Waals surface area (Å²) in [5.41, 5.74) is 0. The van der Waals surface area contributed by atoms with Crippen molar-refractivity contribution in [1.82, 2.24) is 10.2 Å². The lowest BCUT2D eigenvalue weighted by molar-refractivity contribution is -0.142. The predicted octanol–water partition coefficient (Wildman–Crippen LogP) is 0.396. The Balaban J connectivity index is 4.00. The zero-order chi connectivity index (χ0) is 12.6. The standard InChI is InChI=1S/C11H22N2O3/c1-5-13(6-2)11(15)9(4)12-8-10(14)16-7-3/h9,12H,5-8H2,1-4H3. The Bertz CT molecular complexity index is 227. The molecule has 0 radical (unpaired) electrons. The number of rotatable bonds is 7. The van der Waals surface area contributed by atoms with Gasteiger partial charge < -0.3 is 9.64 Å². The lowest BCUT2D eigenvalue weighted by Crippen LogP contribution is -2.46. The highest BCUT2D eigenvalue weighted by atomic mass is 16.5. The van der Waals surface area contributed by atoms with Crippen LogP contribution in [0.2, 0.25) is 0 Å². The van der Waals surface area contributed by atoms with Crippen LogP contribution in [0.4, 0.5) is 0 Å². The number of carbonyl (C=O) groups is 2. The maximum absolute atomic E-state index is 11.8. The van der Waals surface area contributed by atoms with Gasteiger partial charge in [-0.25, -0.2) is 0 Å². The molecule has 5 heteroatoms. The molecule has 0 fully saturated rings. The number of nitrogens with zero attached hydrogens (tertiary/aromatic N) is 1. The number of hydrogen-bond acceptors (Lipinski definition) is 4. The lowest BCUT2D eigenvalue weighted by atomic mass is 10.3. The fourth-order valence-electron chi connectivity index (χ4n) is 1.34. The molecule has 0 aliphatic heterocycles. The average molecular weight is 230 g/mol. The summed E-state index contributed by atoms with van der Waals surface area (Å²) in [6.45, 7) is 9.16. The van der Waals surface area contributed by atoms with Gasteiger partial charge in [-0.1, -0.05) is 0 Å². The molecule has 0 aromatic carbocycles. The van der Waals surface area contributed by atoms with Gasteiger partial charge in [-0.2, -0.15) is 0 Å². The first kappa shape index (κ1) is 14.9. The molecule has 0 heterocycles. The van der Waals surface area contributed by atoms with E-state index in [2.05, 4.69) is 5.32 Å². The van der Waals surface area contributed by atoms with Crippen LogP contribution >= 0.6 is 0 Å². The molecule has 1 amide bonds.